The zero-order valence-corrected chi connectivity index (χ0v) is 13.3. The van der Waals surface area contributed by atoms with Gasteiger partial charge in [-0.1, -0.05) is 0 Å². The van der Waals surface area contributed by atoms with E-state index in [1.807, 2.05) is 6.92 Å². The predicted molar refractivity (Wildman–Crippen MR) is 76.9 cm³/mol. The van der Waals surface area contributed by atoms with Crippen LogP contribution in [0.4, 0.5) is 0 Å². The number of methoxy groups -OCH3 is 1. The number of nitrogens with one attached hydrogen (secondary N) is 1. The van der Waals surface area contributed by atoms with Gasteiger partial charge in [-0.3, -0.25) is 0 Å². The molecule has 1 aromatic carbocycles. The van der Waals surface area contributed by atoms with Crippen LogP contribution in [0.5, 0.6) is 5.75 Å². The highest BCUT2D eigenvalue weighted by atomic mass is 79.9. The van der Waals surface area contributed by atoms with E-state index >= 15 is 0 Å². The Morgan fingerprint density at radius 3 is 2.79 bits per heavy atom. The summed E-state index contributed by atoms with van der Waals surface area (Å²) in [6.45, 7) is 3.64. The summed E-state index contributed by atoms with van der Waals surface area (Å²) in [7, 11) is -1.89. The molecule has 1 saturated heterocycles. The van der Waals surface area contributed by atoms with Crippen molar-refractivity contribution in [3.8, 4) is 5.75 Å². The molecule has 1 fully saturated rings. The average Bonchev–Trinajstić information content (AvgIpc) is 2.38. The molecule has 0 amide bonds. The maximum atomic E-state index is 12.5. The topological polar surface area (TPSA) is 58.6 Å². The highest BCUT2D eigenvalue weighted by molar-refractivity contribution is 9.10. The molecule has 5 nitrogen and oxygen atoms in total. The highest BCUT2D eigenvalue weighted by Crippen LogP contribution is 2.29. The molecule has 0 radical (unpaired) electrons. The molecular weight excluding hydrogens is 332 g/mol. The standard InChI is InChI=1S/C12H17BrN2O3S/c1-9-8-15(6-5-14-9)19(16,17)10-3-4-12(18-2)11(13)7-10/h3-4,7,9,14H,5-6,8H2,1-2H3. The van der Waals surface area contributed by atoms with Crippen LogP contribution in [0, 0.1) is 0 Å². The van der Waals surface area contributed by atoms with E-state index < -0.39 is 10.0 Å². The minimum Gasteiger partial charge on any atom is -0.496 e. The van der Waals surface area contributed by atoms with E-state index in [0.29, 0.717) is 29.9 Å². The Morgan fingerprint density at radius 2 is 2.21 bits per heavy atom. The van der Waals surface area contributed by atoms with Crippen molar-refractivity contribution in [2.75, 3.05) is 26.7 Å². The van der Waals surface area contributed by atoms with Crippen molar-refractivity contribution in [1.82, 2.24) is 9.62 Å². The summed E-state index contributed by atoms with van der Waals surface area (Å²) in [4.78, 5) is 0.286. The Balaban J connectivity index is 2.31. The lowest BCUT2D eigenvalue weighted by molar-refractivity contribution is 0.310. The smallest absolute Gasteiger partial charge is 0.243 e. The fourth-order valence-electron chi connectivity index (χ4n) is 2.07. The molecule has 1 N–H and O–H groups in total. The molecule has 0 aromatic heterocycles. The molecule has 1 aromatic rings. The first-order valence-corrected chi connectivity index (χ1v) is 8.25. The van der Waals surface area contributed by atoms with Crippen LogP contribution in [0.3, 0.4) is 0 Å². The molecule has 19 heavy (non-hydrogen) atoms. The minimum atomic E-state index is -3.43. The van der Waals surface area contributed by atoms with Crippen LogP contribution in [0.1, 0.15) is 6.92 Å². The number of nitrogens with zero attached hydrogens (tertiary/aromatic N) is 1. The van der Waals surface area contributed by atoms with Gasteiger partial charge in [0.1, 0.15) is 5.75 Å². The number of rotatable bonds is 3. The molecule has 106 valence electrons. The highest BCUT2D eigenvalue weighted by Gasteiger charge is 2.28. The summed E-state index contributed by atoms with van der Waals surface area (Å²) in [6.07, 6.45) is 0. The summed E-state index contributed by atoms with van der Waals surface area (Å²) in [5, 5.41) is 3.23. The second-order valence-corrected chi connectivity index (χ2v) is 7.31. The molecule has 0 saturated carbocycles. The van der Waals surface area contributed by atoms with Crippen LogP contribution in [0.15, 0.2) is 27.6 Å². The van der Waals surface area contributed by atoms with E-state index in [9.17, 15) is 8.42 Å². The van der Waals surface area contributed by atoms with Crippen LogP contribution < -0.4 is 10.1 Å². The molecule has 1 heterocycles. The Hall–Kier alpha value is -0.630. The first kappa shape index (κ1) is 14.8. The van der Waals surface area contributed by atoms with Gasteiger partial charge in [0.25, 0.3) is 0 Å². The Labute approximate surface area is 122 Å². The van der Waals surface area contributed by atoms with Gasteiger partial charge in [0.05, 0.1) is 16.5 Å². The lowest BCUT2D eigenvalue weighted by atomic mass is 10.3. The minimum absolute atomic E-state index is 0.171. The lowest BCUT2D eigenvalue weighted by Gasteiger charge is -2.31. The van der Waals surface area contributed by atoms with Crippen molar-refractivity contribution in [3.63, 3.8) is 0 Å². The van der Waals surface area contributed by atoms with Gasteiger partial charge in [-0.05, 0) is 41.1 Å². The Bertz CT molecular complexity index is 562. The van der Waals surface area contributed by atoms with Crippen molar-refractivity contribution in [2.24, 2.45) is 0 Å². The van der Waals surface area contributed by atoms with E-state index in [1.54, 1.807) is 25.3 Å². The molecule has 0 spiro atoms. The van der Waals surface area contributed by atoms with Crippen LogP contribution in [0.2, 0.25) is 0 Å². The first-order chi connectivity index (χ1) is 8.95. The first-order valence-electron chi connectivity index (χ1n) is 6.02. The molecule has 7 heteroatoms. The molecule has 0 aliphatic carbocycles. The van der Waals surface area contributed by atoms with Crippen LogP contribution in [-0.2, 0) is 10.0 Å². The third-order valence-corrected chi connectivity index (χ3v) is 5.57. The van der Waals surface area contributed by atoms with Crippen molar-refractivity contribution in [3.05, 3.63) is 22.7 Å². The van der Waals surface area contributed by atoms with Crippen molar-refractivity contribution in [2.45, 2.75) is 17.9 Å². The summed E-state index contributed by atoms with van der Waals surface area (Å²) in [5.41, 5.74) is 0. The van der Waals surface area contributed by atoms with E-state index in [-0.39, 0.29) is 10.9 Å². The number of benzene rings is 1. The third kappa shape index (κ3) is 3.10. The Morgan fingerprint density at radius 1 is 1.47 bits per heavy atom. The molecule has 1 aliphatic heterocycles. The number of halogens is 1. The molecule has 0 bridgehead atoms. The zero-order valence-electron chi connectivity index (χ0n) is 10.9. The van der Waals surface area contributed by atoms with Gasteiger partial charge in [-0.25, -0.2) is 8.42 Å². The average molecular weight is 349 g/mol. The van der Waals surface area contributed by atoms with E-state index in [4.69, 9.17) is 4.74 Å². The monoisotopic (exact) mass is 348 g/mol. The zero-order chi connectivity index (χ0) is 14.0. The second-order valence-electron chi connectivity index (χ2n) is 4.51. The summed E-state index contributed by atoms with van der Waals surface area (Å²) in [5.74, 6) is 0.618. The van der Waals surface area contributed by atoms with Crippen molar-refractivity contribution >= 4 is 26.0 Å². The number of hydrogen-bond acceptors (Lipinski definition) is 4. The molecular formula is C12H17BrN2O3S. The van der Waals surface area contributed by atoms with Gasteiger partial charge in [0.2, 0.25) is 10.0 Å². The quantitative estimate of drug-likeness (QED) is 0.897. The van der Waals surface area contributed by atoms with Gasteiger partial charge in [0, 0.05) is 25.7 Å². The maximum absolute atomic E-state index is 12.5. The van der Waals surface area contributed by atoms with Crippen molar-refractivity contribution < 1.29 is 13.2 Å². The molecule has 2 rings (SSSR count). The molecule has 1 aliphatic rings. The normalized spacial score (nSPS) is 21.3. The third-order valence-electron chi connectivity index (χ3n) is 3.09. The fraction of sp³-hybridized carbons (Fsp3) is 0.500. The largest absolute Gasteiger partial charge is 0.496 e. The lowest BCUT2D eigenvalue weighted by Crippen LogP contribution is -2.51. The van der Waals surface area contributed by atoms with Crippen LogP contribution in [-0.4, -0.2) is 45.5 Å². The van der Waals surface area contributed by atoms with Gasteiger partial charge in [0.15, 0.2) is 0 Å². The van der Waals surface area contributed by atoms with Gasteiger partial charge in [-0.2, -0.15) is 4.31 Å². The van der Waals surface area contributed by atoms with E-state index in [1.165, 1.54) is 4.31 Å². The van der Waals surface area contributed by atoms with E-state index in [2.05, 4.69) is 21.2 Å². The van der Waals surface area contributed by atoms with E-state index in [0.717, 1.165) is 0 Å². The van der Waals surface area contributed by atoms with Crippen LogP contribution in [0.25, 0.3) is 0 Å². The maximum Gasteiger partial charge on any atom is 0.243 e. The number of hydrogen-bond donors (Lipinski definition) is 1. The number of piperazine rings is 1. The number of ether oxygens (including phenoxy) is 1. The summed E-state index contributed by atoms with van der Waals surface area (Å²) < 4.78 is 32.3. The SMILES string of the molecule is COc1ccc(S(=O)(=O)N2CCNC(C)C2)cc1Br. The fourth-order valence-corrected chi connectivity index (χ4v) is 4.32. The van der Waals surface area contributed by atoms with Gasteiger partial charge < -0.3 is 10.1 Å². The summed E-state index contributed by atoms with van der Waals surface area (Å²) >= 11 is 3.32. The second kappa shape index (κ2) is 5.78. The summed E-state index contributed by atoms with van der Waals surface area (Å²) in [6, 6.07) is 4.99. The van der Waals surface area contributed by atoms with Crippen LogP contribution >= 0.6 is 15.9 Å². The Kier molecular flexibility index (Phi) is 4.50. The predicted octanol–water partition coefficient (Wildman–Crippen LogP) is 1.44. The molecule has 1 unspecified atom stereocenters. The van der Waals surface area contributed by atoms with Crippen molar-refractivity contribution in [1.29, 1.82) is 0 Å². The van der Waals surface area contributed by atoms with Gasteiger partial charge >= 0.3 is 0 Å². The molecule has 1 atom stereocenters. The van der Waals surface area contributed by atoms with Gasteiger partial charge in [-0.15, -0.1) is 0 Å². The number of sulfonamides is 1.